The standard InChI is InChI=1S/C18H19BrN4S/c1-2-24-18-21-16(13-7-6-8-14(19)11-13)15(12-20)17(22-18)23-9-4-3-5-10-23/h6-8,11H,2-5,9-10H2,1H3. The molecular weight excluding hydrogens is 384 g/mol. The van der Waals surface area contributed by atoms with Gasteiger partial charge >= 0.3 is 0 Å². The molecule has 24 heavy (non-hydrogen) atoms. The minimum atomic E-state index is 0.579. The predicted octanol–water partition coefficient (Wildman–Crippen LogP) is 4.88. The van der Waals surface area contributed by atoms with Crippen LogP contribution in [0.15, 0.2) is 33.9 Å². The van der Waals surface area contributed by atoms with E-state index < -0.39 is 0 Å². The Morgan fingerprint density at radius 2 is 2.04 bits per heavy atom. The summed E-state index contributed by atoms with van der Waals surface area (Å²) >= 11 is 5.12. The lowest BCUT2D eigenvalue weighted by molar-refractivity contribution is 0.571. The van der Waals surface area contributed by atoms with Crippen molar-refractivity contribution < 1.29 is 0 Å². The summed E-state index contributed by atoms with van der Waals surface area (Å²) in [5.74, 6) is 1.70. The van der Waals surface area contributed by atoms with Crippen LogP contribution in [-0.2, 0) is 0 Å². The monoisotopic (exact) mass is 402 g/mol. The van der Waals surface area contributed by atoms with Gasteiger partial charge in [-0.3, -0.25) is 0 Å². The van der Waals surface area contributed by atoms with E-state index in [9.17, 15) is 5.26 Å². The second kappa shape index (κ2) is 8.00. The van der Waals surface area contributed by atoms with E-state index in [0.717, 1.165) is 58.4 Å². The van der Waals surface area contributed by atoms with Crippen LogP contribution in [0.1, 0.15) is 31.7 Å². The highest BCUT2D eigenvalue weighted by Crippen LogP contribution is 2.33. The number of rotatable bonds is 4. The number of thioether (sulfide) groups is 1. The third-order valence-electron chi connectivity index (χ3n) is 4.01. The maximum atomic E-state index is 9.81. The summed E-state index contributed by atoms with van der Waals surface area (Å²) in [5, 5.41) is 10.5. The topological polar surface area (TPSA) is 52.8 Å². The maximum absolute atomic E-state index is 9.81. The van der Waals surface area contributed by atoms with Crippen molar-refractivity contribution in [1.82, 2.24) is 9.97 Å². The summed E-state index contributed by atoms with van der Waals surface area (Å²) in [6.45, 7) is 4.01. The van der Waals surface area contributed by atoms with Gasteiger partial charge in [-0.25, -0.2) is 9.97 Å². The van der Waals surface area contributed by atoms with E-state index in [-0.39, 0.29) is 0 Å². The van der Waals surface area contributed by atoms with Gasteiger partial charge in [-0.2, -0.15) is 5.26 Å². The summed E-state index contributed by atoms with van der Waals surface area (Å²) in [7, 11) is 0. The van der Waals surface area contributed by atoms with Crippen molar-refractivity contribution in [3.8, 4) is 17.3 Å². The molecule has 0 saturated carbocycles. The molecule has 1 aliphatic heterocycles. The van der Waals surface area contributed by atoms with Crippen molar-refractivity contribution in [3.63, 3.8) is 0 Å². The van der Waals surface area contributed by atoms with E-state index in [1.54, 1.807) is 11.8 Å². The summed E-state index contributed by atoms with van der Waals surface area (Å²) < 4.78 is 0.978. The van der Waals surface area contributed by atoms with Crippen LogP contribution in [0.2, 0.25) is 0 Å². The van der Waals surface area contributed by atoms with E-state index in [1.165, 1.54) is 6.42 Å². The van der Waals surface area contributed by atoms with Crippen LogP contribution >= 0.6 is 27.7 Å². The molecule has 1 aromatic heterocycles. The molecule has 4 nitrogen and oxygen atoms in total. The Hall–Kier alpha value is -1.58. The lowest BCUT2D eigenvalue weighted by Gasteiger charge is -2.29. The first-order valence-corrected chi connectivity index (χ1v) is 9.96. The zero-order valence-electron chi connectivity index (χ0n) is 13.6. The van der Waals surface area contributed by atoms with Crippen molar-refractivity contribution in [2.45, 2.75) is 31.3 Å². The molecule has 1 aromatic carbocycles. The molecule has 1 aliphatic rings. The van der Waals surface area contributed by atoms with E-state index >= 15 is 0 Å². The lowest BCUT2D eigenvalue weighted by atomic mass is 10.1. The second-order valence-corrected chi connectivity index (χ2v) is 7.80. The Kier molecular flexibility index (Phi) is 5.75. The highest BCUT2D eigenvalue weighted by molar-refractivity contribution is 9.10. The van der Waals surface area contributed by atoms with Crippen molar-refractivity contribution >= 4 is 33.5 Å². The van der Waals surface area contributed by atoms with Crippen LogP contribution in [-0.4, -0.2) is 28.8 Å². The summed E-state index contributed by atoms with van der Waals surface area (Å²) in [4.78, 5) is 11.6. The molecule has 0 atom stereocenters. The number of piperidine rings is 1. The summed E-state index contributed by atoms with van der Waals surface area (Å²) in [6.07, 6.45) is 3.55. The van der Waals surface area contributed by atoms with E-state index in [2.05, 4.69) is 38.8 Å². The Bertz CT molecular complexity index is 766. The molecular formula is C18H19BrN4S. The van der Waals surface area contributed by atoms with Crippen LogP contribution in [0.4, 0.5) is 5.82 Å². The Morgan fingerprint density at radius 3 is 2.71 bits per heavy atom. The van der Waals surface area contributed by atoms with Gasteiger partial charge in [-0.1, -0.05) is 46.7 Å². The molecule has 0 N–H and O–H groups in total. The molecule has 1 fully saturated rings. The number of aromatic nitrogens is 2. The van der Waals surface area contributed by atoms with Crippen LogP contribution in [0.5, 0.6) is 0 Å². The molecule has 0 unspecified atom stereocenters. The first-order chi connectivity index (χ1) is 11.7. The van der Waals surface area contributed by atoms with Gasteiger partial charge in [0.1, 0.15) is 11.6 Å². The lowest BCUT2D eigenvalue weighted by Crippen LogP contribution is -2.31. The number of hydrogen-bond acceptors (Lipinski definition) is 5. The van der Waals surface area contributed by atoms with Crippen molar-refractivity contribution in [2.24, 2.45) is 0 Å². The highest BCUT2D eigenvalue weighted by Gasteiger charge is 2.22. The largest absolute Gasteiger partial charge is 0.355 e. The average molecular weight is 403 g/mol. The minimum Gasteiger partial charge on any atom is -0.355 e. The van der Waals surface area contributed by atoms with Crippen molar-refractivity contribution in [3.05, 3.63) is 34.3 Å². The first kappa shape index (κ1) is 17.2. The Balaban J connectivity index is 2.15. The molecule has 6 heteroatoms. The zero-order valence-corrected chi connectivity index (χ0v) is 16.0. The minimum absolute atomic E-state index is 0.579. The van der Waals surface area contributed by atoms with Crippen LogP contribution in [0, 0.1) is 11.3 Å². The van der Waals surface area contributed by atoms with Gasteiger partial charge in [0, 0.05) is 23.1 Å². The van der Waals surface area contributed by atoms with Crippen molar-refractivity contribution in [2.75, 3.05) is 23.7 Å². The van der Waals surface area contributed by atoms with Gasteiger partial charge in [-0.15, -0.1) is 0 Å². The normalized spacial score (nSPS) is 14.5. The van der Waals surface area contributed by atoms with E-state index in [4.69, 9.17) is 4.98 Å². The number of hydrogen-bond donors (Lipinski definition) is 0. The van der Waals surface area contributed by atoms with Crippen molar-refractivity contribution in [1.29, 1.82) is 5.26 Å². The van der Waals surface area contributed by atoms with Gasteiger partial charge < -0.3 is 4.90 Å². The number of anilines is 1. The van der Waals surface area contributed by atoms with E-state index in [1.807, 2.05) is 24.3 Å². The highest BCUT2D eigenvalue weighted by atomic mass is 79.9. The second-order valence-electron chi connectivity index (χ2n) is 5.66. The van der Waals surface area contributed by atoms with Crippen LogP contribution in [0.3, 0.4) is 0 Å². The maximum Gasteiger partial charge on any atom is 0.190 e. The van der Waals surface area contributed by atoms with Crippen LogP contribution in [0.25, 0.3) is 11.3 Å². The number of nitriles is 1. The van der Waals surface area contributed by atoms with Crippen LogP contribution < -0.4 is 4.90 Å². The molecule has 3 rings (SSSR count). The molecule has 0 bridgehead atoms. The zero-order chi connectivity index (χ0) is 16.9. The molecule has 1 saturated heterocycles. The molecule has 0 aliphatic carbocycles. The average Bonchev–Trinajstić information content (AvgIpc) is 2.62. The molecule has 0 spiro atoms. The molecule has 0 amide bonds. The van der Waals surface area contributed by atoms with Gasteiger partial charge in [0.2, 0.25) is 0 Å². The number of benzene rings is 1. The van der Waals surface area contributed by atoms with E-state index in [0.29, 0.717) is 5.56 Å². The predicted molar refractivity (Wildman–Crippen MR) is 102 cm³/mol. The fourth-order valence-electron chi connectivity index (χ4n) is 2.90. The fourth-order valence-corrected chi connectivity index (χ4v) is 3.87. The molecule has 0 radical (unpaired) electrons. The Morgan fingerprint density at radius 1 is 1.25 bits per heavy atom. The Labute approximate surface area is 155 Å². The summed E-state index contributed by atoms with van der Waals surface area (Å²) in [6, 6.07) is 10.3. The third-order valence-corrected chi connectivity index (χ3v) is 5.23. The quantitative estimate of drug-likeness (QED) is 0.538. The molecule has 124 valence electrons. The summed E-state index contributed by atoms with van der Waals surface area (Å²) in [5.41, 5.74) is 2.25. The smallest absolute Gasteiger partial charge is 0.190 e. The molecule has 2 heterocycles. The third kappa shape index (κ3) is 3.73. The fraction of sp³-hybridized carbons (Fsp3) is 0.389. The SMILES string of the molecule is CCSc1nc(-c2cccc(Br)c2)c(C#N)c(N2CCCCC2)n1. The first-order valence-electron chi connectivity index (χ1n) is 8.18. The van der Waals surface area contributed by atoms with Gasteiger partial charge in [0.05, 0.1) is 5.69 Å². The molecule has 2 aromatic rings. The van der Waals surface area contributed by atoms with Gasteiger partial charge in [-0.05, 0) is 37.1 Å². The number of halogens is 1. The van der Waals surface area contributed by atoms with Gasteiger partial charge in [0.25, 0.3) is 0 Å². The number of nitrogens with zero attached hydrogens (tertiary/aromatic N) is 4. The van der Waals surface area contributed by atoms with Gasteiger partial charge in [0.15, 0.2) is 11.0 Å².